The number of amides is 1. The average molecular weight is 441 g/mol. The van der Waals surface area contributed by atoms with Crippen LogP contribution in [0.5, 0.6) is 0 Å². The maximum absolute atomic E-state index is 13.0. The lowest BCUT2D eigenvalue weighted by atomic mass is 9.92. The van der Waals surface area contributed by atoms with Crippen molar-refractivity contribution in [3.63, 3.8) is 0 Å². The minimum atomic E-state index is -3.81. The van der Waals surface area contributed by atoms with E-state index in [0.29, 0.717) is 17.3 Å². The molecule has 1 amide bonds. The van der Waals surface area contributed by atoms with Crippen LogP contribution in [0.1, 0.15) is 46.2 Å². The highest BCUT2D eigenvalue weighted by Gasteiger charge is 2.27. The first-order chi connectivity index (χ1) is 13.4. The van der Waals surface area contributed by atoms with Crippen molar-refractivity contribution in [1.82, 2.24) is 14.1 Å². The normalized spacial score (nSPS) is 12.4. The van der Waals surface area contributed by atoms with Gasteiger partial charge in [-0.05, 0) is 30.7 Å². The van der Waals surface area contributed by atoms with Gasteiger partial charge in [0.2, 0.25) is 15.9 Å². The van der Waals surface area contributed by atoms with Crippen LogP contribution in [0.25, 0.3) is 0 Å². The van der Waals surface area contributed by atoms with Crippen LogP contribution in [0.3, 0.4) is 0 Å². The van der Waals surface area contributed by atoms with Crippen LogP contribution < -0.4 is 5.32 Å². The van der Waals surface area contributed by atoms with Gasteiger partial charge in [0.1, 0.15) is 5.82 Å². The van der Waals surface area contributed by atoms with Crippen LogP contribution in [-0.2, 0) is 27.3 Å². The first kappa shape index (κ1) is 23.4. The number of rotatable bonds is 8. The van der Waals surface area contributed by atoms with Gasteiger partial charge in [-0.2, -0.15) is 9.40 Å². The number of aryl methyl sites for hydroxylation is 1. The predicted octanol–water partition coefficient (Wildman–Crippen LogP) is 3.80. The molecule has 2 rings (SSSR count). The van der Waals surface area contributed by atoms with Gasteiger partial charge in [0, 0.05) is 30.1 Å². The minimum absolute atomic E-state index is 0.112. The first-order valence-corrected chi connectivity index (χ1v) is 11.4. The maximum Gasteiger partial charge on any atom is 0.243 e. The van der Waals surface area contributed by atoms with Gasteiger partial charge in [0.05, 0.1) is 17.1 Å². The Morgan fingerprint density at radius 3 is 2.38 bits per heavy atom. The van der Waals surface area contributed by atoms with Gasteiger partial charge in [-0.1, -0.05) is 45.7 Å². The molecule has 2 aromatic rings. The molecule has 0 aliphatic carbocycles. The molecule has 160 valence electrons. The number of anilines is 1. The molecule has 0 aliphatic heterocycles. The van der Waals surface area contributed by atoms with Crippen molar-refractivity contribution < 1.29 is 13.2 Å². The zero-order valence-electron chi connectivity index (χ0n) is 17.6. The molecular formula is C20H29ClN4O3S. The number of nitrogens with zero attached hydrogens (tertiary/aromatic N) is 3. The number of carbonyl (C=O) groups is 1. The Hall–Kier alpha value is -1.90. The lowest BCUT2D eigenvalue weighted by Crippen LogP contribution is -2.38. The first-order valence-electron chi connectivity index (χ1n) is 9.55. The summed E-state index contributed by atoms with van der Waals surface area (Å²) >= 11 is 5.87. The van der Waals surface area contributed by atoms with Gasteiger partial charge in [-0.15, -0.1) is 0 Å². The highest BCUT2D eigenvalue weighted by atomic mass is 35.5. The molecule has 0 saturated heterocycles. The fraction of sp³-hybridized carbons (Fsp3) is 0.500. The fourth-order valence-electron chi connectivity index (χ4n) is 2.67. The molecule has 1 aromatic heterocycles. The van der Waals surface area contributed by atoms with Crippen LogP contribution in [0.2, 0.25) is 5.02 Å². The van der Waals surface area contributed by atoms with E-state index in [1.807, 2.05) is 33.8 Å². The van der Waals surface area contributed by atoms with Crippen molar-refractivity contribution in [3.8, 4) is 0 Å². The SMILES string of the molecule is CCCCN(CC(=O)Nc1cc(C(C)(C)C)nn1C)S(=O)(=O)c1ccc(Cl)cc1. The molecule has 0 fully saturated rings. The van der Waals surface area contributed by atoms with Crippen LogP contribution in [-0.4, -0.2) is 41.5 Å². The Morgan fingerprint density at radius 2 is 1.86 bits per heavy atom. The van der Waals surface area contributed by atoms with E-state index >= 15 is 0 Å². The zero-order valence-corrected chi connectivity index (χ0v) is 19.1. The van der Waals surface area contributed by atoms with Gasteiger partial charge in [-0.25, -0.2) is 8.42 Å². The molecule has 0 aliphatic rings. The van der Waals surface area contributed by atoms with Gasteiger partial charge in [0.15, 0.2) is 0 Å². The number of nitrogens with one attached hydrogen (secondary N) is 1. The van der Waals surface area contributed by atoms with Crippen LogP contribution in [0.4, 0.5) is 5.82 Å². The van der Waals surface area contributed by atoms with E-state index in [0.717, 1.165) is 12.1 Å². The van der Waals surface area contributed by atoms with Crippen molar-refractivity contribution in [2.24, 2.45) is 7.05 Å². The number of halogens is 1. The summed E-state index contributed by atoms with van der Waals surface area (Å²) in [5.74, 6) is 0.112. The van der Waals surface area contributed by atoms with E-state index in [4.69, 9.17) is 11.6 Å². The monoisotopic (exact) mass is 440 g/mol. The Bertz CT molecular complexity index is 947. The Kier molecular flexibility index (Phi) is 7.48. The lowest BCUT2D eigenvalue weighted by Gasteiger charge is -2.21. The molecule has 9 heteroatoms. The summed E-state index contributed by atoms with van der Waals surface area (Å²) in [4.78, 5) is 12.8. The summed E-state index contributed by atoms with van der Waals surface area (Å²) in [5.41, 5.74) is 0.679. The number of hydrogen-bond acceptors (Lipinski definition) is 4. The molecule has 0 saturated carbocycles. The van der Waals surface area contributed by atoms with E-state index < -0.39 is 15.9 Å². The summed E-state index contributed by atoms with van der Waals surface area (Å²) < 4.78 is 28.8. The van der Waals surface area contributed by atoms with E-state index in [1.165, 1.54) is 28.6 Å². The topological polar surface area (TPSA) is 84.3 Å². The minimum Gasteiger partial charge on any atom is -0.310 e. The molecule has 1 N–H and O–H groups in total. The number of sulfonamides is 1. The highest BCUT2D eigenvalue weighted by Crippen LogP contribution is 2.24. The second kappa shape index (κ2) is 9.28. The van der Waals surface area contributed by atoms with Crippen molar-refractivity contribution in [1.29, 1.82) is 0 Å². The van der Waals surface area contributed by atoms with Crippen molar-refractivity contribution in [2.75, 3.05) is 18.4 Å². The third-order valence-corrected chi connectivity index (χ3v) is 6.56. The van der Waals surface area contributed by atoms with E-state index in [-0.39, 0.29) is 23.4 Å². The Labute approximate surface area is 178 Å². The number of hydrogen-bond donors (Lipinski definition) is 1. The summed E-state index contributed by atoms with van der Waals surface area (Å²) in [6.07, 6.45) is 1.46. The number of benzene rings is 1. The Morgan fingerprint density at radius 1 is 1.24 bits per heavy atom. The third kappa shape index (κ3) is 6.04. The van der Waals surface area contributed by atoms with E-state index in [9.17, 15) is 13.2 Å². The van der Waals surface area contributed by atoms with Crippen LogP contribution in [0, 0.1) is 0 Å². The van der Waals surface area contributed by atoms with Crippen LogP contribution >= 0.6 is 11.6 Å². The fourth-order valence-corrected chi connectivity index (χ4v) is 4.23. The van der Waals surface area contributed by atoms with Gasteiger partial charge in [0.25, 0.3) is 0 Å². The van der Waals surface area contributed by atoms with Gasteiger partial charge < -0.3 is 5.32 Å². The van der Waals surface area contributed by atoms with E-state index in [2.05, 4.69) is 10.4 Å². The van der Waals surface area contributed by atoms with Gasteiger partial charge in [-0.3, -0.25) is 9.48 Å². The molecule has 0 spiro atoms. The highest BCUT2D eigenvalue weighted by molar-refractivity contribution is 7.89. The van der Waals surface area contributed by atoms with Crippen molar-refractivity contribution in [3.05, 3.63) is 41.0 Å². The smallest absolute Gasteiger partial charge is 0.243 e. The largest absolute Gasteiger partial charge is 0.310 e. The van der Waals surface area contributed by atoms with Crippen LogP contribution in [0.15, 0.2) is 35.2 Å². The molecule has 7 nitrogen and oxygen atoms in total. The molecular weight excluding hydrogens is 412 g/mol. The van der Waals surface area contributed by atoms with E-state index in [1.54, 1.807) is 11.7 Å². The molecule has 1 aromatic carbocycles. The molecule has 1 heterocycles. The summed E-state index contributed by atoms with van der Waals surface area (Å²) in [7, 11) is -2.07. The molecule has 0 bridgehead atoms. The number of unbranched alkanes of at least 4 members (excludes halogenated alkanes) is 1. The lowest BCUT2D eigenvalue weighted by molar-refractivity contribution is -0.116. The van der Waals surface area contributed by atoms with Crippen molar-refractivity contribution >= 4 is 33.3 Å². The van der Waals surface area contributed by atoms with Gasteiger partial charge >= 0.3 is 0 Å². The quantitative estimate of drug-likeness (QED) is 0.676. The maximum atomic E-state index is 13.0. The summed E-state index contributed by atoms with van der Waals surface area (Å²) in [6, 6.07) is 7.75. The number of carbonyl (C=O) groups excluding carboxylic acids is 1. The molecule has 0 unspecified atom stereocenters. The molecule has 0 atom stereocenters. The summed E-state index contributed by atoms with van der Waals surface area (Å²) in [5, 5.41) is 7.65. The predicted molar refractivity (Wildman–Crippen MR) is 116 cm³/mol. The third-order valence-electron chi connectivity index (χ3n) is 4.45. The molecule has 0 radical (unpaired) electrons. The second-order valence-electron chi connectivity index (χ2n) is 7.98. The second-order valence-corrected chi connectivity index (χ2v) is 10.4. The standard InChI is InChI=1S/C20H29ClN4O3S/c1-6-7-12-25(29(27,28)16-10-8-15(21)9-11-16)14-19(26)22-18-13-17(20(2,3)4)23-24(18)5/h8-11,13H,6-7,12,14H2,1-5H3,(H,22,26). The van der Waals surface area contributed by atoms with Crippen molar-refractivity contribution in [2.45, 2.75) is 50.8 Å². The average Bonchev–Trinajstić information content (AvgIpc) is 2.99. The number of aromatic nitrogens is 2. The summed E-state index contributed by atoms with van der Waals surface area (Å²) in [6.45, 7) is 8.05. The molecule has 29 heavy (non-hydrogen) atoms. The Balaban J connectivity index is 2.20. The zero-order chi connectivity index (χ0) is 21.8.